The van der Waals surface area contributed by atoms with Gasteiger partial charge in [-0.3, -0.25) is 15.1 Å². The molecule has 10 heteroatoms. The number of hydrogen-bond acceptors (Lipinski definition) is 6. The molecule has 0 saturated heterocycles. The number of alkyl carbamates (subject to hydrolysis) is 1. The average Bonchev–Trinajstić information content (AvgIpc) is 3.11. The highest BCUT2D eigenvalue weighted by atomic mass is 35.5. The van der Waals surface area contributed by atoms with Gasteiger partial charge in [-0.2, -0.15) is 0 Å². The van der Waals surface area contributed by atoms with Gasteiger partial charge in [0.15, 0.2) is 6.10 Å². The number of nitrogens with zero attached hydrogens (tertiary/aromatic N) is 2. The quantitative estimate of drug-likeness (QED) is 0.423. The van der Waals surface area contributed by atoms with Crippen LogP contribution in [0.25, 0.3) is 0 Å². The SMILES string of the molecule is CC(=O)NC(=O)OC(Cc1ccncc1)c1nc(Sc2cc(Cl)cc(Cl)c2)c(C(C)C)[nH]1. The van der Waals surface area contributed by atoms with E-state index >= 15 is 0 Å². The lowest BCUT2D eigenvalue weighted by atomic mass is 10.1. The van der Waals surface area contributed by atoms with Gasteiger partial charge >= 0.3 is 6.09 Å². The molecule has 0 aliphatic rings. The number of carbonyl (C=O) groups excluding carboxylic acids is 2. The molecule has 2 N–H and O–H groups in total. The smallest absolute Gasteiger partial charge is 0.414 e. The molecule has 168 valence electrons. The van der Waals surface area contributed by atoms with E-state index in [0.717, 1.165) is 21.2 Å². The van der Waals surface area contributed by atoms with E-state index in [1.54, 1.807) is 18.5 Å². The van der Waals surface area contributed by atoms with E-state index in [9.17, 15) is 9.59 Å². The standard InChI is InChI=1S/C22H22Cl2N4O3S/c1-12(2)19-21(32-17-10-15(23)9-16(24)11-17)28-20(27-19)18(31-22(30)26-13(3)29)8-14-4-6-25-7-5-14/h4-7,9-12,18H,8H2,1-3H3,(H,27,28)(H,26,29,30). The van der Waals surface area contributed by atoms with Gasteiger partial charge in [0.1, 0.15) is 10.9 Å². The van der Waals surface area contributed by atoms with E-state index in [1.807, 2.05) is 38.1 Å². The van der Waals surface area contributed by atoms with E-state index in [0.29, 0.717) is 22.3 Å². The van der Waals surface area contributed by atoms with Crippen LogP contribution in [0.3, 0.4) is 0 Å². The largest absolute Gasteiger partial charge is 0.437 e. The summed E-state index contributed by atoms with van der Waals surface area (Å²) in [6.45, 7) is 5.31. The van der Waals surface area contributed by atoms with Crippen LogP contribution in [-0.4, -0.2) is 27.0 Å². The summed E-state index contributed by atoms with van der Waals surface area (Å²) >= 11 is 13.7. The summed E-state index contributed by atoms with van der Waals surface area (Å²) in [5.41, 5.74) is 1.79. The van der Waals surface area contributed by atoms with Crippen molar-refractivity contribution in [3.8, 4) is 0 Å². The highest BCUT2D eigenvalue weighted by Gasteiger charge is 2.25. The molecule has 0 aliphatic heterocycles. The maximum Gasteiger partial charge on any atom is 0.414 e. The van der Waals surface area contributed by atoms with E-state index in [2.05, 4.69) is 15.3 Å². The number of ether oxygens (including phenoxy) is 1. The van der Waals surface area contributed by atoms with Gasteiger partial charge in [-0.1, -0.05) is 48.8 Å². The number of rotatable bonds is 7. The number of aromatic nitrogens is 3. The minimum atomic E-state index is -0.838. The van der Waals surface area contributed by atoms with Crippen LogP contribution in [0.4, 0.5) is 4.79 Å². The van der Waals surface area contributed by atoms with Crippen LogP contribution in [0.15, 0.2) is 52.6 Å². The lowest BCUT2D eigenvalue weighted by molar-refractivity contribution is -0.118. The van der Waals surface area contributed by atoms with Gasteiger partial charge < -0.3 is 9.72 Å². The number of imide groups is 1. The first-order valence-corrected chi connectivity index (χ1v) is 11.4. The Labute approximate surface area is 200 Å². The van der Waals surface area contributed by atoms with E-state index < -0.39 is 18.1 Å². The lowest BCUT2D eigenvalue weighted by Gasteiger charge is -2.16. The summed E-state index contributed by atoms with van der Waals surface area (Å²) < 4.78 is 5.55. The highest BCUT2D eigenvalue weighted by Crippen LogP contribution is 2.36. The molecule has 2 amide bonds. The fourth-order valence-corrected chi connectivity index (χ4v) is 4.73. The van der Waals surface area contributed by atoms with Crippen molar-refractivity contribution in [1.82, 2.24) is 20.3 Å². The second-order valence-electron chi connectivity index (χ2n) is 7.34. The molecule has 0 radical (unpaired) electrons. The van der Waals surface area contributed by atoms with Crippen LogP contribution in [0.1, 0.15) is 49.9 Å². The molecule has 0 fully saturated rings. The molecule has 7 nitrogen and oxygen atoms in total. The van der Waals surface area contributed by atoms with Crippen LogP contribution in [0, 0.1) is 0 Å². The Morgan fingerprint density at radius 3 is 2.41 bits per heavy atom. The highest BCUT2D eigenvalue weighted by molar-refractivity contribution is 7.99. The number of carbonyl (C=O) groups is 2. The van der Waals surface area contributed by atoms with Crippen LogP contribution in [0.5, 0.6) is 0 Å². The van der Waals surface area contributed by atoms with Gasteiger partial charge in [0.2, 0.25) is 5.91 Å². The third kappa shape index (κ3) is 6.72. The van der Waals surface area contributed by atoms with Crippen LogP contribution >= 0.6 is 35.0 Å². The van der Waals surface area contributed by atoms with Gasteiger partial charge in [-0.15, -0.1) is 0 Å². The number of benzene rings is 1. The predicted octanol–water partition coefficient (Wildman–Crippen LogP) is 5.94. The minimum Gasteiger partial charge on any atom is -0.437 e. The van der Waals surface area contributed by atoms with Crippen molar-refractivity contribution < 1.29 is 14.3 Å². The van der Waals surface area contributed by atoms with E-state index in [1.165, 1.54) is 18.7 Å². The van der Waals surface area contributed by atoms with Crippen molar-refractivity contribution in [2.24, 2.45) is 0 Å². The van der Waals surface area contributed by atoms with E-state index in [-0.39, 0.29) is 5.92 Å². The summed E-state index contributed by atoms with van der Waals surface area (Å²) in [6, 6.07) is 8.94. The van der Waals surface area contributed by atoms with Crippen molar-refractivity contribution in [3.05, 3.63) is 69.9 Å². The molecule has 0 bridgehead atoms. The molecule has 1 aromatic carbocycles. The summed E-state index contributed by atoms with van der Waals surface area (Å²) in [5, 5.41) is 3.92. The maximum atomic E-state index is 12.2. The maximum absolute atomic E-state index is 12.2. The first-order valence-electron chi connectivity index (χ1n) is 9.82. The normalized spacial score (nSPS) is 11.9. The molecular weight excluding hydrogens is 471 g/mol. The molecule has 0 aliphatic carbocycles. The Morgan fingerprint density at radius 2 is 1.81 bits per heavy atom. The molecule has 3 aromatic rings. The summed E-state index contributed by atoms with van der Waals surface area (Å²) in [5.74, 6) is 0.0925. The minimum absolute atomic E-state index is 0.126. The molecule has 0 spiro atoms. The van der Waals surface area contributed by atoms with Crippen molar-refractivity contribution in [2.45, 2.75) is 49.1 Å². The molecule has 32 heavy (non-hydrogen) atoms. The number of pyridine rings is 1. The number of nitrogens with one attached hydrogen (secondary N) is 2. The van der Waals surface area contributed by atoms with Crippen molar-refractivity contribution in [3.63, 3.8) is 0 Å². The van der Waals surface area contributed by atoms with Gasteiger partial charge in [0.25, 0.3) is 0 Å². The number of hydrogen-bond donors (Lipinski definition) is 2. The fourth-order valence-electron chi connectivity index (χ4n) is 2.94. The molecule has 1 unspecified atom stereocenters. The first kappa shape index (κ1) is 24.1. The third-order valence-electron chi connectivity index (χ3n) is 4.35. The Kier molecular flexibility index (Phi) is 8.17. The van der Waals surface area contributed by atoms with Crippen molar-refractivity contribution in [2.75, 3.05) is 0 Å². The number of aromatic amines is 1. The Hall–Kier alpha value is -2.55. The van der Waals surface area contributed by atoms with Crippen LogP contribution in [-0.2, 0) is 16.0 Å². The summed E-state index contributed by atoms with van der Waals surface area (Å²) in [6.07, 6.45) is 2.09. The summed E-state index contributed by atoms with van der Waals surface area (Å²) in [4.78, 5) is 36.3. The zero-order chi connectivity index (χ0) is 23.3. The Balaban J connectivity index is 1.94. The lowest BCUT2D eigenvalue weighted by Crippen LogP contribution is -2.30. The number of H-pyrrole nitrogens is 1. The average molecular weight is 493 g/mol. The second kappa shape index (κ2) is 10.8. The van der Waals surface area contributed by atoms with Crippen molar-refractivity contribution >= 4 is 47.0 Å². The van der Waals surface area contributed by atoms with E-state index in [4.69, 9.17) is 32.9 Å². The van der Waals surface area contributed by atoms with Gasteiger partial charge in [-0.05, 0) is 41.8 Å². The zero-order valence-corrected chi connectivity index (χ0v) is 20.0. The van der Waals surface area contributed by atoms with Gasteiger partial charge in [-0.25, -0.2) is 9.78 Å². The first-order chi connectivity index (χ1) is 15.2. The predicted molar refractivity (Wildman–Crippen MR) is 124 cm³/mol. The Morgan fingerprint density at radius 1 is 1.16 bits per heavy atom. The van der Waals surface area contributed by atoms with Crippen molar-refractivity contribution in [1.29, 1.82) is 0 Å². The second-order valence-corrected chi connectivity index (χ2v) is 9.27. The Bertz CT molecular complexity index is 1090. The molecule has 2 heterocycles. The number of imidazole rings is 1. The van der Waals surface area contributed by atoms with Crippen LogP contribution in [0.2, 0.25) is 10.0 Å². The molecule has 0 saturated carbocycles. The molecular formula is C22H22Cl2N4O3S. The molecule has 1 atom stereocenters. The summed E-state index contributed by atoms with van der Waals surface area (Å²) in [7, 11) is 0. The van der Waals surface area contributed by atoms with Gasteiger partial charge in [0.05, 0.1) is 5.69 Å². The molecule has 2 aromatic heterocycles. The fraction of sp³-hybridized carbons (Fsp3) is 0.273. The third-order valence-corrected chi connectivity index (χ3v) is 5.76. The molecule has 3 rings (SSSR count). The zero-order valence-electron chi connectivity index (χ0n) is 17.7. The number of amides is 2. The number of halogens is 2. The van der Waals surface area contributed by atoms with Gasteiger partial charge in [0, 0.05) is 40.7 Å². The monoisotopic (exact) mass is 492 g/mol. The van der Waals surface area contributed by atoms with Crippen LogP contribution < -0.4 is 5.32 Å². The topological polar surface area (TPSA) is 97.0 Å².